The van der Waals surface area contributed by atoms with Crippen LogP contribution >= 0.6 is 11.3 Å². The Balaban J connectivity index is 1.63. The van der Waals surface area contributed by atoms with Crippen molar-refractivity contribution in [1.82, 2.24) is 5.32 Å². The maximum absolute atomic E-state index is 12.5. The summed E-state index contributed by atoms with van der Waals surface area (Å²) < 4.78 is 5.32. The van der Waals surface area contributed by atoms with E-state index in [1.807, 2.05) is 85.1 Å². The SMILES string of the molecule is CC[C@@H](C(=O)OCC(=O)N[C@@H](c1ccccc1)c1cccs1)c1ccccc1. The molecule has 0 bridgehead atoms. The van der Waals surface area contributed by atoms with E-state index in [9.17, 15) is 9.59 Å². The Hall–Kier alpha value is -2.92. The van der Waals surface area contributed by atoms with E-state index in [-0.39, 0.29) is 30.4 Å². The largest absolute Gasteiger partial charge is 0.455 e. The van der Waals surface area contributed by atoms with Crippen LogP contribution in [-0.4, -0.2) is 18.5 Å². The number of hydrogen-bond acceptors (Lipinski definition) is 4. The van der Waals surface area contributed by atoms with Crippen molar-refractivity contribution in [3.8, 4) is 0 Å². The number of amides is 1. The van der Waals surface area contributed by atoms with Crippen LogP contribution in [0.5, 0.6) is 0 Å². The van der Waals surface area contributed by atoms with Crippen LogP contribution in [-0.2, 0) is 14.3 Å². The summed E-state index contributed by atoms with van der Waals surface area (Å²) in [5, 5.41) is 4.96. The molecule has 3 aromatic rings. The van der Waals surface area contributed by atoms with Crippen LogP contribution in [0, 0.1) is 0 Å². The monoisotopic (exact) mass is 393 g/mol. The zero-order valence-corrected chi connectivity index (χ0v) is 16.5. The first-order valence-electron chi connectivity index (χ1n) is 9.28. The van der Waals surface area contributed by atoms with Gasteiger partial charge in [0.15, 0.2) is 6.61 Å². The summed E-state index contributed by atoms with van der Waals surface area (Å²) in [6.45, 7) is 1.64. The number of carbonyl (C=O) groups is 2. The Labute approximate surface area is 169 Å². The summed E-state index contributed by atoms with van der Waals surface area (Å²) in [5.41, 5.74) is 1.89. The average Bonchev–Trinajstić information content (AvgIpc) is 3.27. The molecule has 1 heterocycles. The van der Waals surface area contributed by atoms with Crippen molar-refractivity contribution < 1.29 is 14.3 Å². The number of esters is 1. The summed E-state index contributed by atoms with van der Waals surface area (Å²) in [6, 6.07) is 22.9. The first-order chi connectivity index (χ1) is 13.7. The third-order valence-corrected chi connectivity index (χ3v) is 5.44. The molecule has 1 aromatic heterocycles. The number of thiophene rings is 1. The zero-order chi connectivity index (χ0) is 19.8. The number of ether oxygens (including phenoxy) is 1. The van der Waals surface area contributed by atoms with Gasteiger partial charge in [-0.15, -0.1) is 11.3 Å². The van der Waals surface area contributed by atoms with Crippen molar-refractivity contribution in [3.05, 3.63) is 94.2 Å². The van der Waals surface area contributed by atoms with Crippen molar-refractivity contribution >= 4 is 23.2 Å². The van der Waals surface area contributed by atoms with E-state index in [4.69, 9.17) is 4.74 Å². The number of nitrogens with one attached hydrogen (secondary N) is 1. The highest BCUT2D eigenvalue weighted by Gasteiger charge is 2.22. The molecular formula is C23H23NO3S. The van der Waals surface area contributed by atoms with Gasteiger partial charge in [0, 0.05) is 4.88 Å². The quantitative estimate of drug-likeness (QED) is 0.565. The summed E-state index contributed by atoms with van der Waals surface area (Å²) in [5.74, 6) is -1.06. The fourth-order valence-corrected chi connectivity index (χ4v) is 3.89. The maximum Gasteiger partial charge on any atom is 0.313 e. The Morgan fingerprint density at radius 3 is 2.14 bits per heavy atom. The van der Waals surface area contributed by atoms with Crippen LogP contribution in [0.3, 0.4) is 0 Å². The van der Waals surface area contributed by atoms with E-state index >= 15 is 0 Å². The van der Waals surface area contributed by atoms with E-state index in [2.05, 4.69) is 5.32 Å². The number of rotatable bonds is 8. The molecule has 0 unspecified atom stereocenters. The van der Waals surface area contributed by atoms with Crippen LogP contribution in [0.2, 0.25) is 0 Å². The predicted octanol–water partition coefficient (Wildman–Crippen LogP) is 4.69. The molecule has 0 aliphatic carbocycles. The van der Waals surface area contributed by atoms with Crippen molar-refractivity contribution in [2.75, 3.05) is 6.61 Å². The molecule has 1 N–H and O–H groups in total. The smallest absolute Gasteiger partial charge is 0.313 e. The van der Waals surface area contributed by atoms with Crippen molar-refractivity contribution in [3.63, 3.8) is 0 Å². The van der Waals surface area contributed by atoms with Crippen LogP contribution in [0.4, 0.5) is 0 Å². The molecule has 0 aliphatic heterocycles. The lowest BCUT2D eigenvalue weighted by molar-refractivity contribution is -0.150. The Morgan fingerprint density at radius 2 is 1.57 bits per heavy atom. The Kier molecular flexibility index (Phi) is 6.98. The molecule has 2 atom stereocenters. The minimum atomic E-state index is -0.378. The van der Waals surface area contributed by atoms with Gasteiger partial charge < -0.3 is 10.1 Å². The van der Waals surface area contributed by atoms with Crippen LogP contribution in [0.1, 0.15) is 41.3 Å². The summed E-state index contributed by atoms with van der Waals surface area (Å²) in [4.78, 5) is 26.0. The molecule has 28 heavy (non-hydrogen) atoms. The van der Waals surface area contributed by atoms with E-state index in [0.717, 1.165) is 16.0 Å². The second-order valence-electron chi connectivity index (χ2n) is 6.41. The van der Waals surface area contributed by atoms with Crippen molar-refractivity contribution in [1.29, 1.82) is 0 Å². The standard InChI is InChI=1S/C23H23NO3S/c1-2-19(17-10-5-3-6-11-17)23(26)27-16-21(25)24-22(20-14-9-15-28-20)18-12-7-4-8-13-18/h3-15,19,22H,2,16H2,1H3,(H,24,25)/t19-,22+/m1/s1. The lowest BCUT2D eigenvalue weighted by Gasteiger charge is -2.19. The van der Waals surface area contributed by atoms with Gasteiger partial charge in [0.05, 0.1) is 12.0 Å². The molecule has 0 fully saturated rings. The molecule has 1 amide bonds. The number of benzene rings is 2. The van der Waals surface area contributed by atoms with Gasteiger partial charge in [-0.05, 0) is 29.0 Å². The van der Waals surface area contributed by atoms with E-state index in [1.54, 1.807) is 11.3 Å². The first kappa shape index (κ1) is 19.8. The summed E-state index contributed by atoms with van der Waals surface area (Å²) >= 11 is 1.58. The molecule has 0 aliphatic rings. The molecule has 0 saturated carbocycles. The minimum Gasteiger partial charge on any atom is -0.455 e. The molecule has 2 aromatic carbocycles. The van der Waals surface area contributed by atoms with Gasteiger partial charge in [0.2, 0.25) is 0 Å². The maximum atomic E-state index is 12.5. The molecule has 4 nitrogen and oxygen atoms in total. The molecule has 3 rings (SSSR count). The number of hydrogen-bond donors (Lipinski definition) is 1. The van der Waals surface area contributed by atoms with Gasteiger partial charge in [0.1, 0.15) is 0 Å². The van der Waals surface area contributed by atoms with Crippen LogP contribution in [0.15, 0.2) is 78.2 Å². The zero-order valence-electron chi connectivity index (χ0n) is 15.7. The second-order valence-corrected chi connectivity index (χ2v) is 7.39. The molecule has 0 saturated heterocycles. The van der Waals surface area contributed by atoms with Gasteiger partial charge >= 0.3 is 5.97 Å². The molecular weight excluding hydrogens is 370 g/mol. The molecule has 0 spiro atoms. The Morgan fingerprint density at radius 1 is 0.929 bits per heavy atom. The third-order valence-electron chi connectivity index (χ3n) is 4.51. The van der Waals surface area contributed by atoms with Crippen LogP contribution < -0.4 is 5.32 Å². The predicted molar refractivity (Wildman–Crippen MR) is 111 cm³/mol. The lowest BCUT2D eigenvalue weighted by atomic mass is 9.97. The normalized spacial score (nSPS) is 12.8. The van der Waals surface area contributed by atoms with Crippen LogP contribution in [0.25, 0.3) is 0 Å². The highest BCUT2D eigenvalue weighted by atomic mass is 32.1. The highest BCUT2D eigenvalue weighted by Crippen LogP contribution is 2.26. The van der Waals surface area contributed by atoms with Gasteiger partial charge in [0.25, 0.3) is 5.91 Å². The van der Waals surface area contributed by atoms with Gasteiger partial charge in [-0.25, -0.2) is 0 Å². The molecule has 0 radical (unpaired) electrons. The van der Waals surface area contributed by atoms with Gasteiger partial charge in [-0.1, -0.05) is 73.7 Å². The first-order valence-corrected chi connectivity index (χ1v) is 10.2. The third kappa shape index (κ3) is 5.08. The van der Waals surface area contributed by atoms with Crippen molar-refractivity contribution in [2.24, 2.45) is 0 Å². The second kappa shape index (κ2) is 9.85. The molecule has 5 heteroatoms. The average molecular weight is 394 g/mol. The van der Waals surface area contributed by atoms with E-state index in [0.29, 0.717) is 6.42 Å². The fourth-order valence-electron chi connectivity index (χ4n) is 3.08. The van der Waals surface area contributed by atoms with E-state index in [1.165, 1.54) is 0 Å². The van der Waals surface area contributed by atoms with Gasteiger partial charge in [-0.3, -0.25) is 9.59 Å². The topological polar surface area (TPSA) is 55.4 Å². The van der Waals surface area contributed by atoms with Crippen molar-refractivity contribution in [2.45, 2.75) is 25.3 Å². The number of carbonyl (C=O) groups excluding carboxylic acids is 2. The Bertz CT molecular complexity index is 879. The lowest BCUT2D eigenvalue weighted by Crippen LogP contribution is -2.33. The molecule has 144 valence electrons. The van der Waals surface area contributed by atoms with E-state index < -0.39 is 0 Å². The minimum absolute atomic E-state index is 0.261. The summed E-state index contributed by atoms with van der Waals surface area (Å²) in [6.07, 6.45) is 0.617. The summed E-state index contributed by atoms with van der Waals surface area (Å²) in [7, 11) is 0. The van der Waals surface area contributed by atoms with Gasteiger partial charge in [-0.2, -0.15) is 0 Å². The highest BCUT2D eigenvalue weighted by molar-refractivity contribution is 7.10. The fraction of sp³-hybridized carbons (Fsp3) is 0.217.